The number of hydrogen-bond donors (Lipinski definition) is 3. The predicted octanol–water partition coefficient (Wildman–Crippen LogP) is -0.453. The molecule has 0 saturated carbocycles. The molecule has 2 rings (SSSR count). The fraction of sp³-hybridized carbons (Fsp3) is 1.00. The lowest BCUT2D eigenvalue weighted by Crippen LogP contribution is -2.60. The number of rotatable bonds is 0. The van der Waals surface area contributed by atoms with Crippen LogP contribution in [0, 0.1) is 5.92 Å². The first-order valence-corrected chi connectivity index (χ1v) is 4.76. The van der Waals surface area contributed by atoms with Gasteiger partial charge in [-0.05, 0) is 25.3 Å². The molecule has 2 saturated heterocycles. The summed E-state index contributed by atoms with van der Waals surface area (Å²) >= 11 is 0. The summed E-state index contributed by atoms with van der Waals surface area (Å²) in [4.78, 5) is 0. The molecule has 12 heavy (non-hydrogen) atoms. The van der Waals surface area contributed by atoms with Crippen molar-refractivity contribution in [3.63, 3.8) is 0 Å². The van der Waals surface area contributed by atoms with E-state index < -0.39 is 0 Å². The summed E-state index contributed by atoms with van der Waals surface area (Å²) < 4.78 is 0. The first-order chi connectivity index (χ1) is 5.75. The van der Waals surface area contributed by atoms with Gasteiger partial charge in [-0.3, -0.25) is 5.32 Å². The van der Waals surface area contributed by atoms with Crippen LogP contribution in [0.3, 0.4) is 0 Å². The van der Waals surface area contributed by atoms with Gasteiger partial charge in [-0.2, -0.15) is 0 Å². The lowest BCUT2D eigenvalue weighted by molar-refractivity contribution is 0.161. The second kappa shape index (κ2) is 3.36. The smallest absolute Gasteiger partial charge is 0.0716 e. The SMILES string of the molecule is [B]C1CNC2NC(N)CCC2C1. The molecular weight excluding hydrogens is 149 g/mol. The first kappa shape index (κ1) is 8.54. The average molecular weight is 165 g/mol. The molecule has 2 aliphatic heterocycles. The van der Waals surface area contributed by atoms with Crippen molar-refractivity contribution in [2.24, 2.45) is 11.7 Å². The highest BCUT2D eigenvalue weighted by atomic mass is 15.2. The second-order valence-electron chi connectivity index (χ2n) is 3.99. The molecule has 2 aliphatic rings. The van der Waals surface area contributed by atoms with E-state index in [1.54, 1.807) is 0 Å². The first-order valence-electron chi connectivity index (χ1n) is 4.76. The zero-order valence-corrected chi connectivity index (χ0v) is 7.29. The molecule has 4 N–H and O–H groups in total. The van der Waals surface area contributed by atoms with Crippen LogP contribution in [0.25, 0.3) is 0 Å². The van der Waals surface area contributed by atoms with Crippen molar-refractivity contribution in [3.8, 4) is 0 Å². The molecule has 0 aromatic carbocycles. The third kappa shape index (κ3) is 1.65. The Morgan fingerprint density at radius 1 is 1.33 bits per heavy atom. The van der Waals surface area contributed by atoms with Gasteiger partial charge in [0, 0.05) is 0 Å². The highest BCUT2D eigenvalue weighted by Gasteiger charge is 2.32. The highest BCUT2D eigenvalue weighted by Crippen LogP contribution is 2.28. The molecule has 4 heteroatoms. The molecule has 0 aromatic rings. The van der Waals surface area contributed by atoms with E-state index in [1.165, 1.54) is 6.42 Å². The maximum atomic E-state index is 5.85. The molecule has 3 nitrogen and oxygen atoms in total. The number of nitrogens with two attached hydrogens (primary N) is 1. The van der Waals surface area contributed by atoms with Crippen molar-refractivity contribution in [3.05, 3.63) is 0 Å². The Hall–Kier alpha value is -0.0551. The zero-order valence-electron chi connectivity index (χ0n) is 7.29. The number of nitrogens with one attached hydrogen (secondary N) is 2. The molecule has 0 spiro atoms. The zero-order chi connectivity index (χ0) is 8.55. The maximum Gasteiger partial charge on any atom is 0.0716 e. The van der Waals surface area contributed by atoms with Crippen molar-refractivity contribution >= 4 is 7.85 Å². The monoisotopic (exact) mass is 165 g/mol. The normalized spacial score (nSPS) is 48.4. The fourth-order valence-corrected chi connectivity index (χ4v) is 2.24. The fourth-order valence-electron chi connectivity index (χ4n) is 2.24. The second-order valence-corrected chi connectivity index (χ2v) is 3.99. The number of hydrogen-bond acceptors (Lipinski definition) is 3. The lowest BCUT2D eigenvalue weighted by Gasteiger charge is -2.42. The Balaban J connectivity index is 1.94. The minimum atomic E-state index is 0.174. The Morgan fingerprint density at radius 3 is 3.00 bits per heavy atom. The van der Waals surface area contributed by atoms with E-state index >= 15 is 0 Å². The van der Waals surface area contributed by atoms with Gasteiger partial charge in [-0.1, -0.05) is 12.2 Å². The van der Waals surface area contributed by atoms with Crippen molar-refractivity contribution < 1.29 is 0 Å². The van der Waals surface area contributed by atoms with Gasteiger partial charge in [-0.15, -0.1) is 0 Å². The van der Waals surface area contributed by atoms with Crippen LogP contribution in [0.4, 0.5) is 0 Å². The Bertz CT molecular complexity index is 146. The third-order valence-electron chi connectivity index (χ3n) is 2.92. The van der Waals surface area contributed by atoms with E-state index in [0.717, 1.165) is 19.4 Å². The molecule has 4 atom stereocenters. The molecule has 0 amide bonds. The number of fused-ring (bicyclic) bond motifs is 1. The standard InChI is InChI=1S/C8H16BN3/c9-6-3-5-1-2-7(10)12-8(5)11-4-6/h5-8,11-12H,1-4,10H2. The van der Waals surface area contributed by atoms with Crippen molar-refractivity contribution in [2.45, 2.75) is 37.4 Å². The molecular formula is C8H16BN3. The Labute approximate surface area is 74.9 Å². The Kier molecular flexibility index (Phi) is 2.39. The van der Waals surface area contributed by atoms with Crippen LogP contribution in [0.15, 0.2) is 0 Å². The van der Waals surface area contributed by atoms with Gasteiger partial charge in [0.15, 0.2) is 0 Å². The Morgan fingerprint density at radius 2 is 2.17 bits per heavy atom. The summed E-state index contributed by atoms with van der Waals surface area (Å²) in [5.41, 5.74) is 5.79. The molecule has 2 radical (unpaired) electrons. The summed E-state index contributed by atoms with van der Waals surface area (Å²) in [5.74, 6) is 1.02. The van der Waals surface area contributed by atoms with Gasteiger partial charge in [0.1, 0.15) is 0 Å². The molecule has 0 aromatic heterocycles. The van der Waals surface area contributed by atoms with Crippen LogP contribution >= 0.6 is 0 Å². The molecule has 0 bridgehead atoms. The van der Waals surface area contributed by atoms with Gasteiger partial charge in [0.2, 0.25) is 0 Å². The summed E-state index contributed by atoms with van der Waals surface area (Å²) in [7, 11) is 5.85. The summed E-state index contributed by atoms with van der Waals surface area (Å²) in [6, 6.07) is 0. The van der Waals surface area contributed by atoms with E-state index in [2.05, 4.69) is 10.6 Å². The molecule has 66 valence electrons. The van der Waals surface area contributed by atoms with Crippen LogP contribution in [-0.4, -0.2) is 26.7 Å². The van der Waals surface area contributed by atoms with E-state index in [0.29, 0.717) is 17.9 Å². The van der Waals surface area contributed by atoms with Crippen molar-refractivity contribution in [2.75, 3.05) is 6.54 Å². The largest absolute Gasteiger partial charge is 0.316 e. The minimum absolute atomic E-state index is 0.174. The predicted molar refractivity (Wildman–Crippen MR) is 49.7 cm³/mol. The molecule has 2 fully saturated rings. The maximum absolute atomic E-state index is 5.85. The van der Waals surface area contributed by atoms with Gasteiger partial charge in [0.05, 0.1) is 20.2 Å². The van der Waals surface area contributed by atoms with Gasteiger partial charge >= 0.3 is 0 Å². The summed E-state index contributed by atoms with van der Waals surface area (Å²) in [5, 5.41) is 6.74. The average Bonchev–Trinajstić information content (AvgIpc) is 2.05. The number of piperidine rings is 2. The molecule has 0 aliphatic carbocycles. The van der Waals surface area contributed by atoms with Crippen LogP contribution in [0.1, 0.15) is 19.3 Å². The van der Waals surface area contributed by atoms with E-state index in [9.17, 15) is 0 Å². The quantitative estimate of drug-likeness (QED) is 0.426. The van der Waals surface area contributed by atoms with Crippen molar-refractivity contribution in [1.82, 2.24) is 10.6 Å². The van der Waals surface area contributed by atoms with Crippen LogP contribution < -0.4 is 16.4 Å². The highest BCUT2D eigenvalue weighted by molar-refractivity contribution is 6.11. The van der Waals surface area contributed by atoms with Crippen LogP contribution in [-0.2, 0) is 0 Å². The van der Waals surface area contributed by atoms with E-state index in [-0.39, 0.29) is 6.17 Å². The lowest BCUT2D eigenvalue weighted by atomic mass is 9.73. The van der Waals surface area contributed by atoms with Crippen LogP contribution in [0.5, 0.6) is 0 Å². The molecule has 2 heterocycles. The summed E-state index contributed by atoms with van der Waals surface area (Å²) in [6.45, 7) is 0.918. The van der Waals surface area contributed by atoms with E-state index in [1.807, 2.05) is 0 Å². The van der Waals surface area contributed by atoms with Crippen molar-refractivity contribution in [1.29, 1.82) is 0 Å². The minimum Gasteiger partial charge on any atom is -0.316 e. The van der Waals surface area contributed by atoms with Gasteiger partial charge in [-0.25, -0.2) is 0 Å². The van der Waals surface area contributed by atoms with Gasteiger partial charge in [0.25, 0.3) is 0 Å². The van der Waals surface area contributed by atoms with Gasteiger partial charge < -0.3 is 11.1 Å². The third-order valence-corrected chi connectivity index (χ3v) is 2.92. The van der Waals surface area contributed by atoms with E-state index in [4.69, 9.17) is 13.6 Å². The molecule has 4 unspecified atom stereocenters. The van der Waals surface area contributed by atoms with Crippen LogP contribution in [0.2, 0.25) is 5.82 Å². The summed E-state index contributed by atoms with van der Waals surface area (Å²) in [6.07, 6.45) is 4.01. The topological polar surface area (TPSA) is 50.1 Å².